The molecule has 148 valence electrons. The third-order valence-corrected chi connectivity index (χ3v) is 4.56. The minimum atomic E-state index is -4.48. The maximum atomic E-state index is 13.3. The average molecular weight is 399 g/mol. The zero-order valence-electron chi connectivity index (χ0n) is 15.1. The molecule has 0 saturated heterocycles. The van der Waals surface area contributed by atoms with Gasteiger partial charge in [0.15, 0.2) is 11.5 Å². The highest BCUT2D eigenvalue weighted by Gasteiger charge is 2.33. The van der Waals surface area contributed by atoms with Gasteiger partial charge in [0.05, 0.1) is 5.56 Å². The van der Waals surface area contributed by atoms with Gasteiger partial charge in [-0.05, 0) is 47.0 Å². The Kier molecular flexibility index (Phi) is 4.88. The van der Waals surface area contributed by atoms with E-state index in [0.717, 1.165) is 11.6 Å². The quantitative estimate of drug-likeness (QED) is 0.669. The Morgan fingerprint density at radius 3 is 2.55 bits per heavy atom. The number of ether oxygens (including phenoxy) is 2. The van der Waals surface area contributed by atoms with Gasteiger partial charge in [-0.3, -0.25) is 4.79 Å². The molecule has 0 fully saturated rings. The standard InChI is InChI=1S/C22H16F3NO3/c23-22(24,25)18-7-2-1-6-17(18)15-4-3-5-16(11-15)21(27)26-12-14-8-9-19-20(10-14)29-13-28-19/h1-11H,12-13H2,(H,26,27). The van der Waals surface area contributed by atoms with Crippen molar-refractivity contribution in [3.05, 3.63) is 83.4 Å². The van der Waals surface area contributed by atoms with E-state index in [1.54, 1.807) is 30.3 Å². The van der Waals surface area contributed by atoms with Gasteiger partial charge in [-0.25, -0.2) is 0 Å². The van der Waals surface area contributed by atoms with E-state index in [0.29, 0.717) is 17.1 Å². The Morgan fingerprint density at radius 1 is 0.931 bits per heavy atom. The molecule has 0 bridgehead atoms. The van der Waals surface area contributed by atoms with Crippen LogP contribution < -0.4 is 14.8 Å². The fraction of sp³-hybridized carbons (Fsp3) is 0.136. The van der Waals surface area contributed by atoms with Crippen LogP contribution in [0.15, 0.2) is 66.7 Å². The summed E-state index contributed by atoms with van der Waals surface area (Å²) in [7, 11) is 0. The molecular formula is C22H16F3NO3. The Bertz CT molecular complexity index is 1060. The summed E-state index contributed by atoms with van der Waals surface area (Å²) in [4.78, 5) is 12.5. The number of benzene rings is 3. The third kappa shape index (κ3) is 4.03. The first-order valence-corrected chi connectivity index (χ1v) is 8.85. The fourth-order valence-electron chi connectivity index (χ4n) is 3.15. The van der Waals surface area contributed by atoms with Crippen LogP contribution in [0.5, 0.6) is 11.5 Å². The zero-order valence-corrected chi connectivity index (χ0v) is 15.1. The molecule has 1 heterocycles. The van der Waals surface area contributed by atoms with E-state index in [9.17, 15) is 18.0 Å². The molecule has 0 aliphatic carbocycles. The van der Waals surface area contributed by atoms with Crippen molar-refractivity contribution in [1.82, 2.24) is 5.32 Å². The second kappa shape index (κ2) is 7.50. The molecule has 0 unspecified atom stereocenters. The molecule has 4 nitrogen and oxygen atoms in total. The maximum Gasteiger partial charge on any atom is 0.417 e. The summed E-state index contributed by atoms with van der Waals surface area (Å²) in [5, 5.41) is 2.77. The van der Waals surface area contributed by atoms with Crippen molar-refractivity contribution in [3.8, 4) is 22.6 Å². The number of carbonyl (C=O) groups excluding carboxylic acids is 1. The summed E-state index contributed by atoms with van der Waals surface area (Å²) in [5.41, 5.74) is 0.721. The normalized spacial score (nSPS) is 12.7. The largest absolute Gasteiger partial charge is 0.454 e. The lowest BCUT2D eigenvalue weighted by Crippen LogP contribution is -2.22. The molecule has 0 aromatic heterocycles. The van der Waals surface area contributed by atoms with Crippen LogP contribution in [-0.2, 0) is 12.7 Å². The van der Waals surface area contributed by atoms with Gasteiger partial charge in [-0.15, -0.1) is 0 Å². The molecule has 7 heteroatoms. The van der Waals surface area contributed by atoms with Gasteiger partial charge in [0, 0.05) is 12.1 Å². The van der Waals surface area contributed by atoms with Gasteiger partial charge in [0.1, 0.15) is 0 Å². The number of hydrogen-bond donors (Lipinski definition) is 1. The van der Waals surface area contributed by atoms with Crippen molar-refractivity contribution in [2.75, 3.05) is 6.79 Å². The van der Waals surface area contributed by atoms with E-state index < -0.39 is 11.7 Å². The predicted molar refractivity (Wildman–Crippen MR) is 101 cm³/mol. The van der Waals surface area contributed by atoms with E-state index in [4.69, 9.17) is 9.47 Å². The predicted octanol–water partition coefficient (Wildman–Crippen LogP) is 5.03. The molecule has 0 atom stereocenters. The summed E-state index contributed by atoms with van der Waals surface area (Å²) < 4.78 is 50.4. The smallest absolute Gasteiger partial charge is 0.417 e. The van der Waals surface area contributed by atoms with Gasteiger partial charge in [-0.2, -0.15) is 13.2 Å². The van der Waals surface area contributed by atoms with E-state index in [-0.39, 0.29) is 30.4 Å². The van der Waals surface area contributed by atoms with Crippen molar-refractivity contribution in [3.63, 3.8) is 0 Å². The second-order valence-corrected chi connectivity index (χ2v) is 6.49. The molecule has 1 aliphatic rings. The Morgan fingerprint density at radius 2 is 1.72 bits per heavy atom. The summed E-state index contributed by atoms with van der Waals surface area (Å²) >= 11 is 0. The maximum absolute atomic E-state index is 13.3. The van der Waals surface area contributed by atoms with Crippen LogP contribution >= 0.6 is 0 Å². The number of amides is 1. The molecule has 3 aromatic carbocycles. The van der Waals surface area contributed by atoms with Gasteiger partial charge in [0.25, 0.3) is 5.91 Å². The molecule has 0 saturated carbocycles. The first-order valence-electron chi connectivity index (χ1n) is 8.85. The summed E-state index contributed by atoms with van der Waals surface area (Å²) in [6.45, 7) is 0.413. The average Bonchev–Trinajstić information content (AvgIpc) is 3.19. The molecule has 0 spiro atoms. The highest BCUT2D eigenvalue weighted by Crippen LogP contribution is 2.37. The molecule has 29 heavy (non-hydrogen) atoms. The molecule has 0 radical (unpaired) electrons. The summed E-state index contributed by atoms with van der Waals surface area (Å²) in [6.07, 6.45) is -4.48. The number of alkyl halides is 3. The monoisotopic (exact) mass is 399 g/mol. The lowest BCUT2D eigenvalue weighted by Gasteiger charge is -2.13. The van der Waals surface area contributed by atoms with Crippen LogP contribution in [-0.4, -0.2) is 12.7 Å². The fourth-order valence-corrected chi connectivity index (χ4v) is 3.15. The van der Waals surface area contributed by atoms with Crippen LogP contribution in [0.4, 0.5) is 13.2 Å². The zero-order chi connectivity index (χ0) is 20.4. The number of rotatable bonds is 4. The lowest BCUT2D eigenvalue weighted by molar-refractivity contribution is -0.137. The number of fused-ring (bicyclic) bond motifs is 1. The highest BCUT2D eigenvalue weighted by atomic mass is 19.4. The van der Waals surface area contributed by atoms with E-state index in [2.05, 4.69) is 5.32 Å². The Hall–Kier alpha value is -3.48. The first-order chi connectivity index (χ1) is 13.9. The van der Waals surface area contributed by atoms with Gasteiger partial charge >= 0.3 is 6.18 Å². The lowest BCUT2D eigenvalue weighted by atomic mass is 9.97. The van der Waals surface area contributed by atoms with Crippen LogP contribution in [0.25, 0.3) is 11.1 Å². The van der Waals surface area contributed by atoms with Crippen molar-refractivity contribution in [2.24, 2.45) is 0 Å². The topological polar surface area (TPSA) is 47.6 Å². The summed E-state index contributed by atoms with van der Waals surface area (Å²) in [5.74, 6) is 0.882. The van der Waals surface area contributed by atoms with Crippen molar-refractivity contribution in [2.45, 2.75) is 12.7 Å². The molecule has 1 N–H and O–H groups in total. The van der Waals surface area contributed by atoms with E-state index >= 15 is 0 Å². The molecule has 1 aliphatic heterocycles. The summed E-state index contributed by atoms with van der Waals surface area (Å²) in [6, 6.07) is 16.8. The molecule has 4 rings (SSSR count). The van der Waals surface area contributed by atoms with Crippen LogP contribution in [0.2, 0.25) is 0 Å². The first kappa shape index (κ1) is 18.9. The van der Waals surface area contributed by atoms with Crippen LogP contribution in [0, 0.1) is 0 Å². The number of halogens is 3. The molecular weight excluding hydrogens is 383 g/mol. The van der Waals surface area contributed by atoms with Gasteiger partial charge < -0.3 is 14.8 Å². The minimum absolute atomic E-state index is 0.0328. The minimum Gasteiger partial charge on any atom is -0.454 e. The Labute approximate surface area is 164 Å². The van der Waals surface area contributed by atoms with E-state index in [1.165, 1.54) is 24.3 Å². The number of hydrogen-bond acceptors (Lipinski definition) is 3. The van der Waals surface area contributed by atoms with Crippen molar-refractivity contribution < 1.29 is 27.4 Å². The van der Waals surface area contributed by atoms with E-state index in [1.807, 2.05) is 6.07 Å². The SMILES string of the molecule is O=C(NCc1ccc2c(c1)OCO2)c1cccc(-c2ccccc2C(F)(F)F)c1. The van der Waals surface area contributed by atoms with Crippen molar-refractivity contribution in [1.29, 1.82) is 0 Å². The highest BCUT2D eigenvalue weighted by molar-refractivity contribution is 5.95. The third-order valence-electron chi connectivity index (χ3n) is 4.56. The van der Waals surface area contributed by atoms with Crippen LogP contribution in [0.3, 0.4) is 0 Å². The Balaban J connectivity index is 1.53. The number of carbonyl (C=O) groups is 1. The van der Waals surface area contributed by atoms with Crippen molar-refractivity contribution >= 4 is 5.91 Å². The van der Waals surface area contributed by atoms with Crippen LogP contribution in [0.1, 0.15) is 21.5 Å². The second-order valence-electron chi connectivity index (χ2n) is 6.49. The van der Waals surface area contributed by atoms with Gasteiger partial charge in [0.2, 0.25) is 6.79 Å². The molecule has 1 amide bonds. The number of nitrogens with one attached hydrogen (secondary N) is 1. The molecule has 3 aromatic rings. The van der Waals surface area contributed by atoms with Gasteiger partial charge in [-0.1, -0.05) is 36.4 Å².